The van der Waals surface area contributed by atoms with Gasteiger partial charge in [-0.25, -0.2) is 0 Å². The minimum absolute atomic E-state index is 0.617. The van der Waals surface area contributed by atoms with Gasteiger partial charge >= 0.3 is 0 Å². The van der Waals surface area contributed by atoms with Crippen molar-refractivity contribution in [2.24, 2.45) is 0 Å². The Balaban J connectivity index is 1.64. The van der Waals surface area contributed by atoms with Crippen LogP contribution in [0.2, 0.25) is 0 Å². The molecule has 1 heteroatoms. The molecule has 0 spiro atoms. The van der Waals surface area contributed by atoms with Crippen LogP contribution in [0.1, 0.15) is 42.0 Å². The first-order chi connectivity index (χ1) is 10.2. The minimum Gasteiger partial charge on any atom is -0.298 e. The van der Waals surface area contributed by atoms with E-state index in [1.165, 1.54) is 48.2 Å². The highest BCUT2D eigenvalue weighted by atomic mass is 15.1. The maximum atomic E-state index is 2.59. The summed E-state index contributed by atoms with van der Waals surface area (Å²) in [4.78, 5) is 2.59. The Kier molecular flexibility index (Phi) is 4.40. The van der Waals surface area contributed by atoms with Gasteiger partial charge in [-0.1, -0.05) is 62.4 Å². The summed E-state index contributed by atoms with van der Waals surface area (Å²) in [5.41, 5.74) is 5.94. The fourth-order valence-corrected chi connectivity index (χ4v) is 3.14. The summed E-state index contributed by atoms with van der Waals surface area (Å²) in [6.45, 7) is 7.92. The molecule has 0 aliphatic carbocycles. The number of hydrogen-bond acceptors (Lipinski definition) is 1. The van der Waals surface area contributed by atoms with Gasteiger partial charge in [0.25, 0.3) is 0 Å². The molecular formula is C20H25N. The highest BCUT2D eigenvalue weighted by molar-refractivity contribution is 5.29. The van der Waals surface area contributed by atoms with Gasteiger partial charge in [0.1, 0.15) is 0 Å². The first-order valence-electron chi connectivity index (χ1n) is 8.10. The van der Waals surface area contributed by atoms with Crippen molar-refractivity contribution in [1.29, 1.82) is 0 Å². The molecule has 1 nitrogen and oxygen atoms in total. The largest absolute Gasteiger partial charge is 0.298 e. The molecule has 3 rings (SSSR count). The zero-order chi connectivity index (χ0) is 14.7. The van der Waals surface area contributed by atoms with E-state index in [2.05, 4.69) is 67.3 Å². The van der Waals surface area contributed by atoms with E-state index in [1.807, 2.05) is 0 Å². The van der Waals surface area contributed by atoms with E-state index in [1.54, 1.807) is 0 Å². The van der Waals surface area contributed by atoms with Crippen molar-refractivity contribution < 1.29 is 0 Å². The molecule has 110 valence electrons. The van der Waals surface area contributed by atoms with Crippen LogP contribution < -0.4 is 0 Å². The molecule has 0 bridgehead atoms. The van der Waals surface area contributed by atoms with Gasteiger partial charge in [-0.05, 0) is 41.0 Å². The third-order valence-electron chi connectivity index (χ3n) is 4.57. The normalized spacial score (nSPS) is 15.8. The van der Waals surface area contributed by atoms with E-state index in [9.17, 15) is 0 Å². The Morgan fingerprint density at radius 2 is 1.43 bits per heavy atom. The van der Waals surface area contributed by atoms with Crippen molar-refractivity contribution in [3.05, 3.63) is 70.8 Å². The molecule has 2 aromatic carbocycles. The van der Waals surface area contributed by atoms with Crippen molar-refractivity contribution in [2.75, 3.05) is 13.1 Å². The molecule has 0 radical (unpaired) electrons. The lowest BCUT2D eigenvalue weighted by Gasteiger charge is -2.20. The Labute approximate surface area is 128 Å². The van der Waals surface area contributed by atoms with Gasteiger partial charge in [0, 0.05) is 19.6 Å². The van der Waals surface area contributed by atoms with Crippen LogP contribution in [0.3, 0.4) is 0 Å². The number of hydrogen-bond donors (Lipinski definition) is 0. The number of fused-ring (bicyclic) bond motifs is 1. The minimum atomic E-state index is 0.617. The van der Waals surface area contributed by atoms with Gasteiger partial charge in [0.2, 0.25) is 0 Å². The molecule has 0 amide bonds. The summed E-state index contributed by atoms with van der Waals surface area (Å²) in [6, 6.07) is 18.1. The SMILES string of the molecule is CC(C)c1ccc(CN2CCc3ccccc3CC2)cc1. The molecular weight excluding hydrogens is 254 g/mol. The zero-order valence-corrected chi connectivity index (χ0v) is 13.2. The van der Waals surface area contributed by atoms with E-state index >= 15 is 0 Å². The number of benzene rings is 2. The molecule has 0 unspecified atom stereocenters. The van der Waals surface area contributed by atoms with Gasteiger partial charge in [-0.15, -0.1) is 0 Å². The molecule has 1 aliphatic rings. The Morgan fingerprint density at radius 3 is 1.95 bits per heavy atom. The third-order valence-corrected chi connectivity index (χ3v) is 4.57. The summed E-state index contributed by atoms with van der Waals surface area (Å²) in [7, 11) is 0. The molecule has 2 aromatic rings. The predicted molar refractivity (Wildman–Crippen MR) is 89.7 cm³/mol. The van der Waals surface area contributed by atoms with Crippen molar-refractivity contribution in [3.63, 3.8) is 0 Å². The van der Waals surface area contributed by atoms with Crippen molar-refractivity contribution in [3.8, 4) is 0 Å². The van der Waals surface area contributed by atoms with Crippen molar-refractivity contribution >= 4 is 0 Å². The monoisotopic (exact) mass is 279 g/mol. The second-order valence-corrected chi connectivity index (χ2v) is 6.44. The summed E-state index contributed by atoms with van der Waals surface area (Å²) in [6.07, 6.45) is 2.36. The van der Waals surface area contributed by atoms with Gasteiger partial charge in [-0.2, -0.15) is 0 Å². The van der Waals surface area contributed by atoms with Crippen LogP contribution in [0.25, 0.3) is 0 Å². The first kappa shape index (κ1) is 14.3. The van der Waals surface area contributed by atoms with E-state index in [4.69, 9.17) is 0 Å². The molecule has 0 atom stereocenters. The van der Waals surface area contributed by atoms with Crippen LogP contribution >= 0.6 is 0 Å². The van der Waals surface area contributed by atoms with Crippen LogP contribution in [0.4, 0.5) is 0 Å². The second kappa shape index (κ2) is 6.44. The first-order valence-corrected chi connectivity index (χ1v) is 8.10. The smallest absolute Gasteiger partial charge is 0.0233 e. The Morgan fingerprint density at radius 1 is 0.857 bits per heavy atom. The van der Waals surface area contributed by atoms with Gasteiger partial charge < -0.3 is 0 Å². The summed E-state index contributed by atoms with van der Waals surface area (Å²) in [5.74, 6) is 0.617. The zero-order valence-electron chi connectivity index (χ0n) is 13.2. The van der Waals surface area contributed by atoms with Crippen LogP contribution in [0.5, 0.6) is 0 Å². The third kappa shape index (κ3) is 3.54. The molecule has 0 fully saturated rings. The van der Waals surface area contributed by atoms with Crippen LogP contribution in [0, 0.1) is 0 Å². The lowest BCUT2D eigenvalue weighted by molar-refractivity contribution is 0.279. The summed E-state index contributed by atoms with van der Waals surface area (Å²) in [5, 5.41) is 0. The quantitative estimate of drug-likeness (QED) is 0.804. The average Bonchev–Trinajstić information content (AvgIpc) is 2.71. The van der Waals surface area contributed by atoms with Gasteiger partial charge in [0.05, 0.1) is 0 Å². The lowest BCUT2D eigenvalue weighted by atomic mass is 10.0. The van der Waals surface area contributed by atoms with E-state index in [0.717, 1.165) is 6.54 Å². The topological polar surface area (TPSA) is 3.24 Å². The van der Waals surface area contributed by atoms with E-state index in [-0.39, 0.29) is 0 Å². The van der Waals surface area contributed by atoms with Gasteiger partial charge in [0.15, 0.2) is 0 Å². The molecule has 1 aliphatic heterocycles. The lowest BCUT2D eigenvalue weighted by Crippen LogP contribution is -2.25. The second-order valence-electron chi connectivity index (χ2n) is 6.44. The molecule has 21 heavy (non-hydrogen) atoms. The van der Waals surface area contributed by atoms with Crippen LogP contribution in [-0.2, 0) is 19.4 Å². The Bertz CT molecular complexity index is 556. The number of rotatable bonds is 3. The predicted octanol–water partition coefficient (Wildman–Crippen LogP) is 4.41. The molecule has 0 saturated carbocycles. The summed E-state index contributed by atoms with van der Waals surface area (Å²) < 4.78 is 0. The van der Waals surface area contributed by atoms with E-state index in [0.29, 0.717) is 5.92 Å². The summed E-state index contributed by atoms with van der Waals surface area (Å²) >= 11 is 0. The van der Waals surface area contributed by atoms with Crippen molar-refractivity contribution in [2.45, 2.75) is 39.2 Å². The molecule has 0 saturated heterocycles. The Hall–Kier alpha value is -1.60. The molecule has 1 heterocycles. The molecule has 0 N–H and O–H groups in total. The maximum Gasteiger partial charge on any atom is 0.0233 e. The number of nitrogens with zero attached hydrogens (tertiary/aromatic N) is 1. The van der Waals surface area contributed by atoms with Crippen LogP contribution in [-0.4, -0.2) is 18.0 Å². The highest BCUT2D eigenvalue weighted by Gasteiger charge is 2.13. The standard InChI is InChI=1S/C20H25N/c1-16(2)18-9-7-17(8-10-18)15-21-13-11-19-5-3-4-6-20(19)12-14-21/h3-10,16H,11-15H2,1-2H3. The fourth-order valence-electron chi connectivity index (χ4n) is 3.14. The van der Waals surface area contributed by atoms with E-state index < -0.39 is 0 Å². The maximum absolute atomic E-state index is 2.59. The van der Waals surface area contributed by atoms with Gasteiger partial charge in [-0.3, -0.25) is 4.90 Å². The molecule has 0 aromatic heterocycles. The van der Waals surface area contributed by atoms with Crippen LogP contribution in [0.15, 0.2) is 48.5 Å². The highest BCUT2D eigenvalue weighted by Crippen LogP contribution is 2.19. The fraction of sp³-hybridized carbons (Fsp3) is 0.400. The van der Waals surface area contributed by atoms with Crippen molar-refractivity contribution in [1.82, 2.24) is 4.90 Å². The average molecular weight is 279 g/mol.